The molecule has 1 N–H and O–H groups in total. The number of hydrogen-bond donors (Lipinski definition) is 1. The van der Waals surface area contributed by atoms with Crippen LogP contribution in [-0.2, 0) is 11.8 Å². The monoisotopic (exact) mass is 274 g/mol. The average Bonchev–Trinajstić information content (AvgIpc) is 2.88. The van der Waals surface area contributed by atoms with E-state index in [1.54, 1.807) is 20.4 Å². The van der Waals surface area contributed by atoms with Gasteiger partial charge in [-0.15, -0.1) is 5.10 Å². The molecule has 0 aliphatic rings. The van der Waals surface area contributed by atoms with Crippen molar-refractivity contribution in [2.24, 2.45) is 7.05 Å². The van der Waals surface area contributed by atoms with Crippen LogP contribution in [0.2, 0.25) is 0 Å². The Morgan fingerprint density at radius 2 is 2.20 bits per heavy atom. The Labute approximate surface area is 117 Å². The zero-order valence-corrected chi connectivity index (χ0v) is 11.8. The molecule has 0 saturated carbocycles. The first-order chi connectivity index (χ1) is 9.61. The molecule has 1 aromatic heterocycles. The second-order valence-electron chi connectivity index (χ2n) is 4.57. The number of methoxy groups -OCH3 is 1. The molecule has 0 bridgehead atoms. The van der Waals surface area contributed by atoms with Gasteiger partial charge in [0, 0.05) is 20.7 Å². The van der Waals surface area contributed by atoms with Crippen molar-refractivity contribution in [1.29, 1.82) is 0 Å². The predicted octanol–water partition coefficient (Wildman–Crippen LogP) is 1.24. The number of amides is 1. The molecule has 0 aliphatic heterocycles. The van der Waals surface area contributed by atoms with Crippen molar-refractivity contribution in [1.82, 2.24) is 20.3 Å². The standard InChI is InChI=1S/C14H18N4O2/c1-10-6-4-5-7-11(10)13(20-3)8-15-14(19)12-9-18(2)17-16-12/h4-7,9,13H,8H2,1-3H3,(H,15,19)/t13-/m0/s1. The van der Waals surface area contributed by atoms with E-state index in [9.17, 15) is 4.79 Å². The number of nitrogens with one attached hydrogen (secondary N) is 1. The van der Waals surface area contributed by atoms with Crippen molar-refractivity contribution in [2.75, 3.05) is 13.7 Å². The van der Waals surface area contributed by atoms with Crippen LogP contribution in [0, 0.1) is 6.92 Å². The van der Waals surface area contributed by atoms with Gasteiger partial charge in [-0.1, -0.05) is 29.5 Å². The molecular formula is C14H18N4O2. The third-order valence-corrected chi connectivity index (χ3v) is 3.10. The Bertz CT molecular complexity index is 594. The van der Waals surface area contributed by atoms with Crippen molar-refractivity contribution < 1.29 is 9.53 Å². The van der Waals surface area contributed by atoms with Gasteiger partial charge in [0.2, 0.25) is 0 Å². The molecule has 20 heavy (non-hydrogen) atoms. The predicted molar refractivity (Wildman–Crippen MR) is 74.3 cm³/mol. The highest BCUT2D eigenvalue weighted by Gasteiger charge is 2.16. The van der Waals surface area contributed by atoms with Gasteiger partial charge in [0.05, 0.1) is 12.3 Å². The lowest BCUT2D eigenvalue weighted by Gasteiger charge is -2.18. The molecule has 0 aliphatic carbocycles. The highest BCUT2D eigenvalue weighted by Crippen LogP contribution is 2.19. The number of benzene rings is 1. The first kappa shape index (κ1) is 14.2. The summed E-state index contributed by atoms with van der Waals surface area (Å²) < 4.78 is 6.94. The second-order valence-corrected chi connectivity index (χ2v) is 4.57. The van der Waals surface area contributed by atoms with Gasteiger partial charge in [0.15, 0.2) is 5.69 Å². The molecule has 106 valence electrons. The van der Waals surface area contributed by atoms with Crippen LogP contribution < -0.4 is 5.32 Å². The van der Waals surface area contributed by atoms with E-state index < -0.39 is 0 Å². The molecule has 0 unspecified atom stereocenters. The van der Waals surface area contributed by atoms with Crippen LogP contribution in [0.1, 0.15) is 27.7 Å². The lowest BCUT2D eigenvalue weighted by molar-refractivity contribution is 0.0822. The summed E-state index contributed by atoms with van der Waals surface area (Å²) in [6.45, 7) is 2.41. The van der Waals surface area contributed by atoms with Gasteiger partial charge in [-0.05, 0) is 18.1 Å². The Morgan fingerprint density at radius 3 is 2.80 bits per heavy atom. The minimum atomic E-state index is -0.256. The van der Waals surface area contributed by atoms with Gasteiger partial charge in [-0.25, -0.2) is 0 Å². The maximum Gasteiger partial charge on any atom is 0.273 e. The van der Waals surface area contributed by atoms with Crippen LogP contribution in [0.4, 0.5) is 0 Å². The van der Waals surface area contributed by atoms with E-state index in [-0.39, 0.29) is 12.0 Å². The molecule has 1 aromatic carbocycles. The molecule has 0 fully saturated rings. The second kappa shape index (κ2) is 6.29. The summed E-state index contributed by atoms with van der Waals surface area (Å²) in [5, 5.41) is 10.3. The SMILES string of the molecule is CO[C@@H](CNC(=O)c1cn(C)nn1)c1ccccc1C. The van der Waals surface area contributed by atoms with Gasteiger partial charge in [-0.2, -0.15) is 0 Å². The maximum atomic E-state index is 11.9. The number of aryl methyl sites for hydroxylation is 2. The zero-order valence-electron chi connectivity index (χ0n) is 11.8. The quantitative estimate of drug-likeness (QED) is 0.890. The Balaban J connectivity index is 2.01. The fraction of sp³-hybridized carbons (Fsp3) is 0.357. The third-order valence-electron chi connectivity index (χ3n) is 3.10. The average molecular weight is 274 g/mol. The van der Waals surface area contributed by atoms with E-state index in [1.165, 1.54) is 4.68 Å². The number of ether oxygens (including phenoxy) is 1. The van der Waals surface area contributed by atoms with Gasteiger partial charge >= 0.3 is 0 Å². The maximum absolute atomic E-state index is 11.9. The number of carbonyl (C=O) groups excluding carboxylic acids is 1. The molecule has 1 heterocycles. The number of hydrogen-bond acceptors (Lipinski definition) is 4. The van der Waals surface area contributed by atoms with E-state index in [4.69, 9.17) is 4.74 Å². The number of aromatic nitrogens is 3. The molecule has 1 atom stereocenters. The topological polar surface area (TPSA) is 69.0 Å². The summed E-state index contributed by atoms with van der Waals surface area (Å²) in [7, 11) is 3.35. The van der Waals surface area contributed by atoms with Crippen molar-refractivity contribution >= 4 is 5.91 Å². The smallest absolute Gasteiger partial charge is 0.273 e. The number of rotatable bonds is 5. The largest absolute Gasteiger partial charge is 0.375 e. The van der Waals surface area contributed by atoms with E-state index >= 15 is 0 Å². The lowest BCUT2D eigenvalue weighted by atomic mass is 10.0. The molecule has 6 nitrogen and oxygen atoms in total. The summed E-state index contributed by atoms with van der Waals surface area (Å²) in [5.74, 6) is -0.256. The van der Waals surface area contributed by atoms with Crippen molar-refractivity contribution in [2.45, 2.75) is 13.0 Å². The van der Waals surface area contributed by atoms with Crippen molar-refractivity contribution in [3.8, 4) is 0 Å². The molecule has 0 radical (unpaired) electrons. The highest BCUT2D eigenvalue weighted by atomic mass is 16.5. The molecule has 6 heteroatoms. The first-order valence-electron chi connectivity index (χ1n) is 6.34. The van der Waals surface area contributed by atoms with Crippen molar-refractivity contribution in [3.63, 3.8) is 0 Å². The van der Waals surface area contributed by atoms with Gasteiger partial charge in [0.25, 0.3) is 5.91 Å². The molecule has 2 aromatic rings. The summed E-state index contributed by atoms with van der Waals surface area (Å²) in [5.41, 5.74) is 2.50. The number of nitrogens with zero attached hydrogens (tertiary/aromatic N) is 3. The van der Waals surface area contributed by atoms with E-state index in [2.05, 4.69) is 15.6 Å². The Morgan fingerprint density at radius 1 is 1.45 bits per heavy atom. The van der Waals surface area contributed by atoms with Crippen LogP contribution >= 0.6 is 0 Å². The van der Waals surface area contributed by atoms with Gasteiger partial charge < -0.3 is 10.1 Å². The summed E-state index contributed by atoms with van der Waals surface area (Å²) in [4.78, 5) is 11.9. The van der Waals surface area contributed by atoms with E-state index in [1.807, 2.05) is 31.2 Å². The van der Waals surface area contributed by atoms with Crippen LogP contribution in [0.15, 0.2) is 30.5 Å². The molecule has 0 spiro atoms. The zero-order chi connectivity index (χ0) is 14.5. The highest BCUT2D eigenvalue weighted by molar-refractivity contribution is 5.91. The Hall–Kier alpha value is -2.21. The first-order valence-corrected chi connectivity index (χ1v) is 6.34. The van der Waals surface area contributed by atoms with Crippen LogP contribution in [0.25, 0.3) is 0 Å². The van der Waals surface area contributed by atoms with Gasteiger partial charge in [-0.3, -0.25) is 9.48 Å². The van der Waals surface area contributed by atoms with Crippen LogP contribution in [0.5, 0.6) is 0 Å². The minimum Gasteiger partial charge on any atom is -0.375 e. The fourth-order valence-electron chi connectivity index (χ4n) is 2.00. The normalized spacial score (nSPS) is 12.2. The van der Waals surface area contributed by atoms with E-state index in [0.29, 0.717) is 12.2 Å². The lowest BCUT2D eigenvalue weighted by Crippen LogP contribution is -2.29. The van der Waals surface area contributed by atoms with E-state index in [0.717, 1.165) is 11.1 Å². The Kier molecular flexibility index (Phi) is 4.47. The molecule has 2 rings (SSSR count). The summed E-state index contributed by atoms with van der Waals surface area (Å²) >= 11 is 0. The van der Waals surface area contributed by atoms with Gasteiger partial charge in [0.1, 0.15) is 0 Å². The van der Waals surface area contributed by atoms with Crippen LogP contribution in [-0.4, -0.2) is 34.6 Å². The molecular weight excluding hydrogens is 256 g/mol. The molecule has 0 saturated heterocycles. The summed E-state index contributed by atoms with van der Waals surface area (Å²) in [6, 6.07) is 7.95. The molecule has 1 amide bonds. The third kappa shape index (κ3) is 3.21. The van der Waals surface area contributed by atoms with Crippen molar-refractivity contribution in [3.05, 3.63) is 47.3 Å². The summed E-state index contributed by atoms with van der Waals surface area (Å²) in [6.07, 6.45) is 1.39. The fourth-order valence-corrected chi connectivity index (χ4v) is 2.00. The minimum absolute atomic E-state index is 0.183. The number of carbonyl (C=O) groups is 1. The van der Waals surface area contributed by atoms with Crippen LogP contribution in [0.3, 0.4) is 0 Å².